The smallest absolute Gasteiger partial charge is 0.405 e. The number of nitrogens with one attached hydrogen (secondary N) is 1. The number of methoxy groups -OCH3 is 1. The number of benzene rings is 2. The van der Waals surface area contributed by atoms with E-state index in [1.807, 2.05) is 12.1 Å². The lowest BCUT2D eigenvalue weighted by Gasteiger charge is -2.17. The van der Waals surface area contributed by atoms with Crippen LogP contribution in [0.2, 0.25) is 0 Å². The van der Waals surface area contributed by atoms with E-state index in [0.29, 0.717) is 17.9 Å². The predicted molar refractivity (Wildman–Crippen MR) is 85.8 cm³/mol. The van der Waals surface area contributed by atoms with Gasteiger partial charge in [-0.2, -0.15) is 0 Å². The van der Waals surface area contributed by atoms with E-state index < -0.39 is 12.2 Å². The number of primary amides is 1. The van der Waals surface area contributed by atoms with Crippen LogP contribution in [0.15, 0.2) is 42.5 Å². The maximum Gasteiger partial charge on any atom is 0.405 e. The van der Waals surface area contributed by atoms with Crippen LogP contribution in [0.4, 0.5) is 14.9 Å². The normalized spacial score (nSPS) is 11.6. The minimum absolute atomic E-state index is 0.269. The summed E-state index contributed by atoms with van der Waals surface area (Å²) in [6, 6.07) is 11.8. The Morgan fingerprint density at radius 1 is 1.30 bits per heavy atom. The Balaban J connectivity index is 2.10. The molecule has 1 unspecified atom stereocenters. The fraction of sp³-hybridized carbons (Fsp3) is 0.235. The highest BCUT2D eigenvalue weighted by molar-refractivity contribution is 5.65. The number of rotatable bonds is 6. The van der Waals surface area contributed by atoms with Crippen LogP contribution in [-0.2, 0) is 11.3 Å². The molecule has 0 radical (unpaired) electrons. The molecule has 5 nitrogen and oxygen atoms in total. The molecule has 0 saturated heterocycles. The van der Waals surface area contributed by atoms with Gasteiger partial charge in [0, 0.05) is 23.9 Å². The Bertz CT molecular complexity index is 691. The van der Waals surface area contributed by atoms with Crippen molar-refractivity contribution >= 4 is 11.8 Å². The second kappa shape index (κ2) is 7.49. The van der Waals surface area contributed by atoms with Crippen LogP contribution in [0.3, 0.4) is 0 Å². The van der Waals surface area contributed by atoms with Crippen molar-refractivity contribution < 1.29 is 18.7 Å². The van der Waals surface area contributed by atoms with Gasteiger partial charge in [0.25, 0.3) is 0 Å². The zero-order valence-corrected chi connectivity index (χ0v) is 13.0. The topological polar surface area (TPSA) is 73.6 Å². The summed E-state index contributed by atoms with van der Waals surface area (Å²) < 4.78 is 23.4. The molecule has 1 amide bonds. The van der Waals surface area contributed by atoms with Crippen molar-refractivity contribution in [3.05, 3.63) is 59.4 Å². The van der Waals surface area contributed by atoms with E-state index in [1.165, 1.54) is 19.2 Å². The van der Waals surface area contributed by atoms with Gasteiger partial charge in [-0.25, -0.2) is 9.18 Å². The molecule has 0 heterocycles. The summed E-state index contributed by atoms with van der Waals surface area (Å²) in [5, 5.41) is 3.19. The van der Waals surface area contributed by atoms with E-state index in [0.717, 1.165) is 11.3 Å². The number of anilines is 1. The first-order chi connectivity index (χ1) is 11.0. The fourth-order valence-corrected chi connectivity index (χ4v) is 2.25. The van der Waals surface area contributed by atoms with Crippen molar-refractivity contribution in [2.75, 3.05) is 12.4 Å². The molecule has 122 valence electrons. The van der Waals surface area contributed by atoms with E-state index in [9.17, 15) is 9.18 Å². The van der Waals surface area contributed by atoms with Crippen LogP contribution in [0.5, 0.6) is 5.75 Å². The van der Waals surface area contributed by atoms with Crippen LogP contribution in [0.1, 0.15) is 24.2 Å². The number of carbonyl (C=O) groups is 1. The lowest BCUT2D eigenvalue weighted by atomic mass is 10.1. The molecule has 6 heteroatoms. The minimum Gasteiger partial charge on any atom is -0.496 e. The molecular weight excluding hydrogens is 299 g/mol. The molecule has 2 rings (SSSR count). The van der Waals surface area contributed by atoms with Gasteiger partial charge in [0.1, 0.15) is 17.7 Å². The zero-order valence-electron chi connectivity index (χ0n) is 13.0. The first kappa shape index (κ1) is 16.6. The third kappa shape index (κ3) is 4.60. The third-order valence-corrected chi connectivity index (χ3v) is 3.35. The van der Waals surface area contributed by atoms with E-state index in [1.54, 1.807) is 25.1 Å². The van der Waals surface area contributed by atoms with Gasteiger partial charge in [-0.05, 0) is 36.8 Å². The molecule has 0 bridgehead atoms. The van der Waals surface area contributed by atoms with Crippen LogP contribution in [0, 0.1) is 5.82 Å². The number of ether oxygens (including phenoxy) is 2. The highest BCUT2D eigenvalue weighted by atomic mass is 19.1. The number of carbonyl (C=O) groups excluding carboxylic acids is 1. The van der Waals surface area contributed by atoms with E-state index in [2.05, 4.69) is 5.32 Å². The van der Waals surface area contributed by atoms with E-state index in [-0.39, 0.29) is 5.82 Å². The minimum atomic E-state index is -0.840. The SMILES string of the molecule is COc1cc(NCc2cccc(F)c2)ccc1C(C)OC(N)=O. The number of hydrogen-bond acceptors (Lipinski definition) is 4. The van der Waals surface area contributed by atoms with Crippen LogP contribution in [0.25, 0.3) is 0 Å². The summed E-state index contributed by atoms with van der Waals surface area (Å²) >= 11 is 0. The standard InChI is InChI=1S/C17H19FN2O3/c1-11(23-17(19)21)15-7-6-14(9-16(15)22-2)20-10-12-4-3-5-13(18)8-12/h3-9,11,20H,10H2,1-2H3,(H2,19,21). The summed E-state index contributed by atoms with van der Waals surface area (Å²) in [6.45, 7) is 2.19. The summed E-state index contributed by atoms with van der Waals surface area (Å²) in [5.41, 5.74) is 7.38. The molecule has 0 saturated carbocycles. The van der Waals surface area contributed by atoms with E-state index >= 15 is 0 Å². The van der Waals surface area contributed by atoms with Gasteiger partial charge in [-0.3, -0.25) is 0 Å². The summed E-state index contributed by atoms with van der Waals surface area (Å²) in [5.74, 6) is 0.303. The Kier molecular flexibility index (Phi) is 5.41. The highest BCUT2D eigenvalue weighted by Crippen LogP contribution is 2.30. The Labute approximate surface area is 134 Å². The van der Waals surface area contributed by atoms with Gasteiger partial charge in [-0.1, -0.05) is 12.1 Å². The largest absolute Gasteiger partial charge is 0.496 e. The van der Waals surface area contributed by atoms with Crippen molar-refractivity contribution in [3.8, 4) is 5.75 Å². The lowest BCUT2D eigenvalue weighted by molar-refractivity contribution is 0.115. The molecule has 2 aromatic rings. The molecule has 2 aromatic carbocycles. The molecule has 0 fully saturated rings. The first-order valence-corrected chi connectivity index (χ1v) is 7.12. The van der Waals surface area contributed by atoms with E-state index in [4.69, 9.17) is 15.2 Å². The maximum absolute atomic E-state index is 13.2. The highest BCUT2D eigenvalue weighted by Gasteiger charge is 2.15. The Morgan fingerprint density at radius 3 is 2.74 bits per heavy atom. The number of halogens is 1. The van der Waals surface area contributed by atoms with Gasteiger partial charge < -0.3 is 20.5 Å². The van der Waals surface area contributed by atoms with Crippen molar-refractivity contribution in [3.63, 3.8) is 0 Å². The Hall–Kier alpha value is -2.76. The second-order valence-corrected chi connectivity index (χ2v) is 5.02. The molecule has 23 heavy (non-hydrogen) atoms. The summed E-state index contributed by atoms with van der Waals surface area (Å²) in [6.07, 6.45) is -1.35. The average molecular weight is 318 g/mol. The average Bonchev–Trinajstić information content (AvgIpc) is 2.52. The second-order valence-electron chi connectivity index (χ2n) is 5.02. The fourth-order valence-electron chi connectivity index (χ4n) is 2.25. The maximum atomic E-state index is 13.2. The summed E-state index contributed by atoms with van der Waals surface area (Å²) in [7, 11) is 1.53. The van der Waals surface area contributed by atoms with Crippen molar-refractivity contribution in [1.29, 1.82) is 0 Å². The number of hydrogen-bond donors (Lipinski definition) is 2. The Morgan fingerprint density at radius 2 is 2.09 bits per heavy atom. The molecular formula is C17H19FN2O3. The van der Waals surface area contributed by atoms with Gasteiger partial charge in [0.15, 0.2) is 0 Å². The monoisotopic (exact) mass is 318 g/mol. The first-order valence-electron chi connectivity index (χ1n) is 7.12. The zero-order chi connectivity index (χ0) is 16.8. The van der Waals surface area contributed by atoms with Crippen LogP contribution >= 0.6 is 0 Å². The molecule has 0 spiro atoms. The molecule has 0 aliphatic rings. The van der Waals surface area contributed by atoms with Crippen LogP contribution < -0.4 is 15.8 Å². The van der Waals surface area contributed by atoms with Gasteiger partial charge >= 0.3 is 6.09 Å². The van der Waals surface area contributed by atoms with Gasteiger partial charge in [-0.15, -0.1) is 0 Å². The molecule has 1 atom stereocenters. The van der Waals surface area contributed by atoms with Crippen molar-refractivity contribution in [1.82, 2.24) is 0 Å². The predicted octanol–water partition coefficient (Wildman–Crippen LogP) is 3.60. The molecule has 0 aromatic heterocycles. The van der Waals surface area contributed by atoms with Crippen molar-refractivity contribution in [2.45, 2.75) is 19.6 Å². The number of amides is 1. The third-order valence-electron chi connectivity index (χ3n) is 3.35. The quantitative estimate of drug-likeness (QED) is 0.853. The van der Waals surface area contributed by atoms with Crippen LogP contribution in [-0.4, -0.2) is 13.2 Å². The molecule has 0 aliphatic heterocycles. The molecule has 0 aliphatic carbocycles. The lowest BCUT2D eigenvalue weighted by Crippen LogP contribution is -2.16. The van der Waals surface area contributed by atoms with Crippen molar-refractivity contribution in [2.24, 2.45) is 5.73 Å². The van der Waals surface area contributed by atoms with Gasteiger partial charge in [0.05, 0.1) is 7.11 Å². The molecule has 3 N–H and O–H groups in total. The number of nitrogens with two attached hydrogens (primary N) is 1. The van der Waals surface area contributed by atoms with Gasteiger partial charge in [0.2, 0.25) is 0 Å². The summed E-state index contributed by atoms with van der Waals surface area (Å²) in [4.78, 5) is 10.9.